The number of hydrazone groups is 1. The van der Waals surface area contributed by atoms with Crippen LogP contribution in [0.4, 0.5) is 5.69 Å². The molecule has 1 aromatic rings. The monoisotopic (exact) mass is 175 g/mol. The number of anilines is 1. The fourth-order valence-electron chi connectivity index (χ4n) is 1.16. The number of amides is 1. The summed E-state index contributed by atoms with van der Waals surface area (Å²) in [4.78, 5) is 11.4. The largest absolute Gasteiger partial charge is 0.315 e. The second-order valence-electron chi connectivity index (χ2n) is 2.78. The third-order valence-corrected chi connectivity index (χ3v) is 1.84. The van der Waals surface area contributed by atoms with E-state index in [1.165, 1.54) is 11.2 Å². The lowest BCUT2D eigenvalue weighted by molar-refractivity contribution is -0.117. The Morgan fingerprint density at radius 2 is 2.00 bits per heavy atom. The number of hydrogen-bond donors (Lipinski definition) is 1. The van der Waals surface area contributed by atoms with Crippen molar-refractivity contribution in [2.75, 3.05) is 5.01 Å². The summed E-state index contributed by atoms with van der Waals surface area (Å²) in [6, 6.07) is 8.61. The van der Waals surface area contributed by atoms with Crippen LogP contribution < -0.4 is 10.7 Å². The number of hydrogen-bond acceptors (Lipinski definition) is 3. The highest BCUT2D eigenvalue weighted by Crippen LogP contribution is 2.16. The van der Waals surface area contributed by atoms with Crippen molar-refractivity contribution in [3.05, 3.63) is 30.3 Å². The summed E-state index contributed by atoms with van der Waals surface area (Å²) >= 11 is 0. The molecule has 0 saturated carbocycles. The lowest BCUT2D eigenvalue weighted by Crippen LogP contribution is -2.35. The second-order valence-corrected chi connectivity index (χ2v) is 2.78. The number of benzene rings is 1. The molecule has 0 bridgehead atoms. The zero-order valence-corrected chi connectivity index (χ0v) is 6.92. The second kappa shape index (κ2) is 2.99. The van der Waals surface area contributed by atoms with Gasteiger partial charge >= 0.3 is 0 Å². The highest BCUT2D eigenvalue weighted by atomic mass is 16.2. The molecule has 4 heteroatoms. The van der Waals surface area contributed by atoms with Gasteiger partial charge in [-0.15, -0.1) is 0 Å². The smallest absolute Gasteiger partial charge is 0.269 e. The third-order valence-electron chi connectivity index (χ3n) is 1.84. The number of para-hydroxylation sites is 1. The highest BCUT2D eigenvalue weighted by Gasteiger charge is 2.25. The Labute approximate surface area is 75.6 Å². The maximum Gasteiger partial charge on any atom is 0.269 e. The molecule has 4 nitrogen and oxygen atoms in total. The summed E-state index contributed by atoms with van der Waals surface area (Å²) in [6.45, 7) is 0. The van der Waals surface area contributed by atoms with Crippen molar-refractivity contribution in [1.29, 1.82) is 0 Å². The first-order valence-corrected chi connectivity index (χ1v) is 3.98. The molecule has 0 saturated heterocycles. The minimum Gasteiger partial charge on any atom is -0.315 e. The Bertz CT molecular complexity index is 347. The Morgan fingerprint density at radius 3 is 2.54 bits per heavy atom. The quantitative estimate of drug-likeness (QED) is 0.669. The zero-order chi connectivity index (χ0) is 9.26. The van der Waals surface area contributed by atoms with Crippen LogP contribution in [0.3, 0.4) is 0 Å². The van der Waals surface area contributed by atoms with E-state index in [-0.39, 0.29) is 5.91 Å². The van der Waals surface area contributed by atoms with Crippen LogP contribution in [-0.2, 0) is 4.79 Å². The first-order chi connectivity index (χ1) is 6.29. The van der Waals surface area contributed by atoms with Crippen LogP contribution in [0.2, 0.25) is 0 Å². The van der Waals surface area contributed by atoms with Crippen LogP contribution in [0.5, 0.6) is 0 Å². The molecule has 0 radical (unpaired) electrons. The number of rotatable bonds is 1. The molecule has 0 aromatic heterocycles. The number of nitrogens with two attached hydrogens (primary N) is 1. The van der Waals surface area contributed by atoms with E-state index in [4.69, 9.17) is 5.73 Å². The van der Waals surface area contributed by atoms with Gasteiger partial charge in [0.1, 0.15) is 6.04 Å². The summed E-state index contributed by atoms with van der Waals surface area (Å²) in [5.41, 5.74) is 6.21. The van der Waals surface area contributed by atoms with Gasteiger partial charge in [0.05, 0.1) is 11.9 Å². The molecule has 2 rings (SSSR count). The first-order valence-electron chi connectivity index (χ1n) is 3.98. The fraction of sp³-hybridized carbons (Fsp3) is 0.111. The summed E-state index contributed by atoms with van der Waals surface area (Å²) in [5.74, 6) is -0.189. The van der Waals surface area contributed by atoms with Crippen LogP contribution in [-0.4, -0.2) is 18.2 Å². The minimum absolute atomic E-state index is 0.189. The standard InChI is InChI=1S/C9H9N3O/c10-8-6-11-12(9(8)13)7-4-2-1-3-5-7/h1-6,8H,10H2. The average molecular weight is 175 g/mol. The molecule has 1 unspecified atom stereocenters. The molecular formula is C9H9N3O. The Balaban J connectivity index is 2.30. The van der Waals surface area contributed by atoms with Crippen molar-refractivity contribution in [1.82, 2.24) is 0 Å². The Hall–Kier alpha value is -1.68. The molecule has 0 spiro atoms. The van der Waals surface area contributed by atoms with Gasteiger partial charge in [-0.3, -0.25) is 4.79 Å². The third kappa shape index (κ3) is 1.31. The minimum atomic E-state index is -0.597. The van der Waals surface area contributed by atoms with Gasteiger partial charge in [0.2, 0.25) is 0 Å². The molecule has 1 aliphatic rings. The van der Waals surface area contributed by atoms with E-state index in [0.717, 1.165) is 5.69 Å². The maximum atomic E-state index is 11.4. The maximum absolute atomic E-state index is 11.4. The highest BCUT2D eigenvalue weighted by molar-refractivity contribution is 6.10. The molecule has 13 heavy (non-hydrogen) atoms. The summed E-state index contributed by atoms with van der Waals surface area (Å²) in [7, 11) is 0. The van der Waals surface area contributed by atoms with Crippen LogP contribution in [0, 0.1) is 0 Å². The summed E-state index contributed by atoms with van der Waals surface area (Å²) in [5, 5.41) is 5.21. The topological polar surface area (TPSA) is 58.7 Å². The Morgan fingerprint density at radius 1 is 1.31 bits per heavy atom. The van der Waals surface area contributed by atoms with E-state index in [1.54, 1.807) is 0 Å². The van der Waals surface area contributed by atoms with E-state index in [9.17, 15) is 4.79 Å². The van der Waals surface area contributed by atoms with Gasteiger partial charge in [-0.2, -0.15) is 10.1 Å². The molecule has 0 fully saturated rings. The number of nitrogens with zero attached hydrogens (tertiary/aromatic N) is 2. The van der Waals surface area contributed by atoms with Gasteiger partial charge < -0.3 is 5.73 Å². The van der Waals surface area contributed by atoms with Crippen LogP contribution >= 0.6 is 0 Å². The molecule has 66 valence electrons. The molecule has 1 amide bonds. The van der Waals surface area contributed by atoms with Gasteiger partial charge in [0.25, 0.3) is 5.91 Å². The van der Waals surface area contributed by atoms with Crippen molar-refractivity contribution >= 4 is 17.8 Å². The van der Waals surface area contributed by atoms with Crippen molar-refractivity contribution < 1.29 is 4.79 Å². The Kier molecular flexibility index (Phi) is 1.83. The predicted molar refractivity (Wildman–Crippen MR) is 50.4 cm³/mol. The van der Waals surface area contributed by atoms with E-state index < -0.39 is 6.04 Å². The molecule has 1 atom stereocenters. The van der Waals surface area contributed by atoms with Crippen LogP contribution in [0.15, 0.2) is 35.4 Å². The average Bonchev–Trinajstić information content (AvgIpc) is 2.49. The van der Waals surface area contributed by atoms with E-state index in [0.29, 0.717) is 0 Å². The van der Waals surface area contributed by atoms with Crippen LogP contribution in [0.25, 0.3) is 0 Å². The molecule has 0 aliphatic carbocycles. The molecular weight excluding hydrogens is 166 g/mol. The summed E-state index contributed by atoms with van der Waals surface area (Å²) in [6.07, 6.45) is 1.44. The van der Waals surface area contributed by atoms with Crippen molar-refractivity contribution in [3.63, 3.8) is 0 Å². The van der Waals surface area contributed by atoms with Gasteiger partial charge in [0.15, 0.2) is 0 Å². The zero-order valence-electron chi connectivity index (χ0n) is 6.92. The first kappa shape index (κ1) is 7.94. The van der Waals surface area contributed by atoms with Crippen LogP contribution in [0.1, 0.15) is 0 Å². The molecule has 1 heterocycles. The van der Waals surface area contributed by atoms with Crippen molar-refractivity contribution in [2.45, 2.75) is 6.04 Å². The molecule has 1 aromatic carbocycles. The van der Waals surface area contributed by atoms with Gasteiger partial charge in [0, 0.05) is 0 Å². The number of carbonyl (C=O) groups excluding carboxylic acids is 1. The van der Waals surface area contributed by atoms with Crippen molar-refractivity contribution in [2.24, 2.45) is 10.8 Å². The normalized spacial score (nSPS) is 21.2. The number of carbonyl (C=O) groups is 1. The SMILES string of the molecule is NC1C=NN(c2ccccc2)C1=O. The summed E-state index contributed by atoms with van der Waals surface area (Å²) < 4.78 is 0. The van der Waals surface area contributed by atoms with E-state index >= 15 is 0 Å². The van der Waals surface area contributed by atoms with E-state index in [1.807, 2.05) is 30.3 Å². The lowest BCUT2D eigenvalue weighted by Gasteiger charge is -2.11. The predicted octanol–water partition coefficient (Wildman–Crippen LogP) is 0.346. The van der Waals surface area contributed by atoms with Gasteiger partial charge in [-0.25, -0.2) is 0 Å². The molecule has 2 N–H and O–H groups in total. The fourth-order valence-corrected chi connectivity index (χ4v) is 1.16. The van der Waals surface area contributed by atoms with Gasteiger partial charge in [-0.05, 0) is 12.1 Å². The van der Waals surface area contributed by atoms with E-state index in [2.05, 4.69) is 5.10 Å². The lowest BCUT2D eigenvalue weighted by atomic mass is 10.3. The molecule has 1 aliphatic heterocycles. The van der Waals surface area contributed by atoms with Gasteiger partial charge in [-0.1, -0.05) is 18.2 Å². The van der Waals surface area contributed by atoms with Crippen molar-refractivity contribution in [3.8, 4) is 0 Å².